The lowest BCUT2D eigenvalue weighted by molar-refractivity contribution is -0.132. The first-order valence-corrected chi connectivity index (χ1v) is 6.61. The average Bonchev–Trinajstić information content (AvgIpc) is 2.44. The van der Waals surface area contributed by atoms with Gasteiger partial charge in [0, 0.05) is 19.5 Å². The van der Waals surface area contributed by atoms with Crippen LogP contribution in [0.25, 0.3) is 0 Å². The number of likely N-dealkylation sites (N-methyl/N-ethyl adjacent to an activating group) is 1. The predicted molar refractivity (Wildman–Crippen MR) is 72.3 cm³/mol. The number of carbonyl (C=O) groups excluding carboxylic acids is 1. The van der Waals surface area contributed by atoms with E-state index in [-0.39, 0.29) is 12.0 Å². The second-order valence-corrected chi connectivity index (χ2v) is 4.47. The van der Waals surface area contributed by atoms with Crippen molar-refractivity contribution in [1.82, 2.24) is 4.90 Å². The minimum absolute atomic E-state index is 0.0625. The second kappa shape index (κ2) is 6.43. The highest BCUT2D eigenvalue weighted by Crippen LogP contribution is 2.30. The van der Waals surface area contributed by atoms with Gasteiger partial charge in [-0.15, -0.1) is 0 Å². The van der Waals surface area contributed by atoms with Gasteiger partial charge in [0.15, 0.2) is 17.6 Å². The van der Waals surface area contributed by atoms with E-state index in [4.69, 9.17) is 15.2 Å². The Morgan fingerprint density at radius 1 is 1.42 bits per heavy atom. The number of carbonyl (C=O) groups is 1. The average molecular weight is 264 g/mol. The molecule has 104 valence electrons. The molecular weight excluding hydrogens is 244 g/mol. The first kappa shape index (κ1) is 13.7. The molecule has 5 nitrogen and oxygen atoms in total. The maximum absolute atomic E-state index is 11.8. The number of fused-ring (bicyclic) bond motifs is 1. The van der Waals surface area contributed by atoms with Gasteiger partial charge in [0.05, 0.1) is 6.54 Å². The van der Waals surface area contributed by atoms with Crippen molar-refractivity contribution < 1.29 is 14.3 Å². The van der Waals surface area contributed by atoms with Gasteiger partial charge in [-0.3, -0.25) is 4.79 Å². The van der Waals surface area contributed by atoms with Crippen molar-refractivity contribution in [3.05, 3.63) is 24.3 Å². The van der Waals surface area contributed by atoms with E-state index in [0.717, 1.165) is 11.5 Å². The fraction of sp³-hybridized carbons (Fsp3) is 0.500. The fourth-order valence-corrected chi connectivity index (χ4v) is 2.09. The molecule has 2 N–H and O–H groups in total. The van der Waals surface area contributed by atoms with E-state index >= 15 is 0 Å². The Hall–Kier alpha value is -1.75. The van der Waals surface area contributed by atoms with Crippen LogP contribution >= 0.6 is 0 Å². The molecule has 0 saturated heterocycles. The molecule has 0 aliphatic carbocycles. The fourth-order valence-electron chi connectivity index (χ4n) is 2.09. The minimum Gasteiger partial charge on any atom is -0.486 e. The van der Waals surface area contributed by atoms with Gasteiger partial charge < -0.3 is 20.1 Å². The predicted octanol–water partition coefficient (Wildman–Crippen LogP) is 1.02. The third kappa shape index (κ3) is 3.38. The van der Waals surface area contributed by atoms with Crippen LogP contribution in [0.1, 0.15) is 13.3 Å². The summed E-state index contributed by atoms with van der Waals surface area (Å²) in [5, 5.41) is 0. The summed E-state index contributed by atoms with van der Waals surface area (Å²) in [6.07, 6.45) is 0.245. The minimum atomic E-state index is -0.128. The Kier molecular flexibility index (Phi) is 4.63. The first-order valence-electron chi connectivity index (χ1n) is 6.61. The van der Waals surface area contributed by atoms with Crippen LogP contribution < -0.4 is 15.2 Å². The van der Waals surface area contributed by atoms with Crippen LogP contribution in [0.3, 0.4) is 0 Å². The summed E-state index contributed by atoms with van der Waals surface area (Å²) in [5.74, 6) is 1.56. The lowest BCUT2D eigenvalue weighted by atomic mass is 10.2. The summed E-state index contributed by atoms with van der Waals surface area (Å²) in [7, 11) is 0. The first-order chi connectivity index (χ1) is 9.24. The third-order valence-corrected chi connectivity index (χ3v) is 3.08. The van der Waals surface area contributed by atoms with E-state index < -0.39 is 0 Å². The molecule has 0 fully saturated rings. The Bertz CT molecular complexity index is 436. The van der Waals surface area contributed by atoms with Crippen LogP contribution in [0, 0.1) is 0 Å². The van der Waals surface area contributed by atoms with Crippen molar-refractivity contribution in [3.63, 3.8) is 0 Å². The van der Waals surface area contributed by atoms with Gasteiger partial charge in [0.1, 0.15) is 6.61 Å². The maximum Gasteiger partial charge on any atom is 0.223 e. The molecule has 1 atom stereocenters. The zero-order valence-corrected chi connectivity index (χ0v) is 11.2. The number of nitrogens with two attached hydrogens (primary N) is 1. The highest BCUT2D eigenvalue weighted by molar-refractivity contribution is 5.76. The normalized spacial score (nSPS) is 17.1. The molecule has 0 bridgehead atoms. The Morgan fingerprint density at radius 2 is 2.16 bits per heavy atom. The molecule has 1 aromatic carbocycles. The highest BCUT2D eigenvalue weighted by atomic mass is 16.6. The topological polar surface area (TPSA) is 64.8 Å². The standard InChI is InChI=1S/C14H20N2O3/c1-2-16(14(17)7-8-15)9-11-10-18-12-5-3-4-6-13(12)19-11/h3-6,11H,2,7-10,15H2,1H3. The lowest BCUT2D eigenvalue weighted by Gasteiger charge is -2.30. The van der Waals surface area contributed by atoms with Gasteiger partial charge in [0.25, 0.3) is 0 Å². The molecule has 0 aromatic heterocycles. The highest BCUT2D eigenvalue weighted by Gasteiger charge is 2.24. The Morgan fingerprint density at radius 3 is 2.84 bits per heavy atom. The molecule has 0 spiro atoms. The second-order valence-electron chi connectivity index (χ2n) is 4.47. The van der Waals surface area contributed by atoms with Gasteiger partial charge in [-0.05, 0) is 19.1 Å². The third-order valence-electron chi connectivity index (χ3n) is 3.08. The summed E-state index contributed by atoms with van der Waals surface area (Å²) < 4.78 is 11.5. The quantitative estimate of drug-likeness (QED) is 0.862. The van der Waals surface area contributed by atoms with E-state index in [0.29, 0.717) is 32.7 Å². The number of nitrogens with zero attached hydrogens (tertiary/aromatic N) is 1. The summed E-state index contributed by atoms with van der Waals surface area (Å²) in [6.45, 7) is 3.97. The number of amides is 1. The maximum atomic E-state index is 11.8. The van der Waals surface area contributed by atoms with E-state index in [1.54, 1.807) is 4.90 Å². The number of hydrogen-bond donors (Lipinski definition) is 1. The summed E-state index contributed by atoms with van der Waals surface area (Å²) >= 11 is 0. The van der Waals surface area contributed by atoms with Gasteiger partial charge in [-0.2, -0.15) is 0 Å². The Labute approximate surface area is 113 Å². The number of para-hydroxylation sites is 2. The largest absolute Gasteiger partial charge is 0.486 e. The molecule has 1 amide bonds. The molecular formula is C14H20N2O3. The molecule has 1 aromatic rings. The van der Waals surface area contributed by atoms with E-state index in [9.17, 15) is 4.79 Å². The lowest BCUT2D eigenvalue weighted by Crippen LogP contribution is -2.44. The molecule has 1 aliphatic rings. The van der Waals surface area contributed by atoms with Crippen molar-refractivity contribution in [3.8, 4) is 11.5 Å². The Balaban J connectivity index is 1.95. The summed E-state index contributed by atoms with van der Waals surface area (Å²) in [5.41, 5.74) is 5.41. The molecule has 1 unspecified atom stereocenters. The van der Waals surface area contributed by atoms with Crippen molar-refractivity contribution in [2.75, 3.05) is 26.2 Å². The van der Waals surface area contributed by atoms with Crippen LogP contribution in [0.4, 0.5) is 0 Å². The van der Waals surface area contributed by atoms with Gasteiger partial charge in [-0.25, -0.2) is 0 Å². The van der Waals surface area contributed by atoms with Gasteiger partial charge >= 0.3 is 0 Å². The van der Waals surface area contributed by atoms with Crippen molar-refractivity contribution >= 4 is 5.91 Å². The van der Waals surface area contributed by atoms with Crippen molar-refractivity contribution in [1.29, 1.82) is 0 Å². The van der Waals surface area contributed by atoms with Crippen LogP contribution in [-0.4, -0.2) is 43.2 Å². The molecule has 5 heteroatoms. The molecule has 1 aliphatic heterocycles. The number of benzene rings is 1. The van der Waals surface area contributed by atoms with Crippen molar-refractivity contribution in [2.24, 2.45) is 5.73 Å². The molecule has 2 rings (SSSR count). The van der Waals surface area contributed by atoms with Crippen molar-refractivity contribution in [2.45, 2.75) is 19.4 Å². The van der Waals surface area contributed by atoms with E-state index in [1.165, 1.54) is 0 Å². The van der Waals surface area contributed by atoms with Crippen LogP contribution in [0.5, 0.6) is 11.5 Å². The molecule has 1 heterocycles. The zero-order chi connectivity index (χ0) is 13.7. The van der Waals surface area contributed by atoms with Crippen LogP contribution in [0.15, 0.2) is 24.3 Å². The molecule has 19 heavy (non-hydrogen) atoms. The summed E-state index contributed by atoms with van der Waals surface area (Å²) in [6, 6.07) is 7.57. The molecule has 0 saturated carbocycles. The number of hydrogen-bond acceptors (Lipinski definition) is 4. The smallest absolute Gasteiger partial charge is 0.223 e. The van der Waals surface area contributed by atoms with Gasteiger partial charge in [0.2, 0.25) is 5.91 Å². The molecule has 0 radical (unpaired) electrons. The number of ether oxygens (including phenoxy) is 2. The van der Waals surface area contributed by atoms with E-state index in [1.807, 2.05) is 31.2 Å². The monoisotopic (exact) mass is 264 g/mol. The summed E-state index contributed by atoms with van der Waals surface area (Å²) in [4.78, 5) is 13.6. The van der Waals surface area contributed by atoms with Crippen LogP contribution in [-0.2, 0) is 4.79 Å². The SMILES string of the molecule is CCN(CC1COc2ccccc2O1)C(=O)CCN. The zero-order valence-electron chi connectivity index (χ0n) is 11.2. The number of rotatable bonds is 5. The van der Waals surface area contributed by atoms with Gasteiger partial charge in [-0.1, -0.05) is 12.1 Å². The van der Waals surface area contributed by atoms with Crippen LogP contribution in [0.2, 0.25) is 0 Å². The van der Waals surface area contributed by atoms with E-state index in [2.05, 4.69) is 0 Å².